The van der Waals surface area contributed by atoms with E-state index in [0.29, 0.717) is 13.1 Å². The van der Waals surface area contributed by atoms with Gasteiger partial charge in [-0.2, -0.15) is 9.57 Å². The number of hydrogen-bond donors (Lipinski definition) is 1. The maximum Gasteiger partial charge on any atom is 0.243 e. The van der Waals surface area contributed by atoms with Crippen molar-refractivity contribution in [1.82, 2.24) is 14.5 Å². The number of nitrogens with zero attached hydrogens (tertiary/aromatic N) is 3. The standard InChI is InChI=1S/C18H25FN4O3S/c1-14(2)18(3,13-20)21-17(24)12-22-7-9-23(10-8-22)27(25,26)16-6-4-5-15(19)11-16/h4-6,11,14H,7-10,12H2,1-3H3,(H,21,24)/t18-/m0/s1. The molecule has 1 aromatic carbocycles. The van der Waals surface area contributed by atoms with Crippen LogP contribution in [0.2, 0.25) is 0 Å². The molecule has 27 heavy (non-hydrogen) atoms. The molecule has 1 aliphatic heterocycles. The molecule has 0 aromatic heterocycles. The number of halogens is 1. The lowest BCUT2D eigenvalue weighted by molar-refractivity contribution is -0.124. The Morgan fingerprint density at radius 1 is 1.33 bits per heavy atom. The van der Waals surface area contributed by atoms with Gasteiger partial charge >= 0.3 is 0 Å². The molecular formula is C18H25FN4O3S. The molecule has 0 saturated carbocycles. The van der Waals surface area contributed by atoms with Gasteiger partial charge in [0.15, 0.2) is 0 Å². The van der Waals surface area contributed by atoms with E-state index in [-0.39, 0.29) is 36.4 Å². The number of carbonyl (C=O) groups is 1. The summed E-state index contributed by atoms with van der Waals surface area (Å²) < 4.78 is 39.8. The maximum absolute atomic E-state index is 13.3. The minimum atomic E-state index is -3.76. The minimum Gasteiger partial charge on any atom is -0.337 e. The first kappa shape index (κ1) is 21.3. The van der Waals surface area contributed by atoms with Crippen LogP contribution in [-0.4, -0.2) is 61.8 Å². The van der Waals surface area contributed by atoms with Crippen molar-refractivity contribution in [2.75, 3.05) is 32.7 Å². The van der Waals surface area contributed by atoms with Crippen molar-refractivity contribution in [3.8, 4) is 6.07 Å². The number of hydrogen-bond acceptors (Lipinski definition) is 5. The molecule has 148 valence electrons. The molecule has 0 radical (unpaired) electrons. The molecule has 0 spiro atoms. The maximum atomic E-state index is 13.3. The van der Waals surface area contributed by atoms with Crippen molar-refractivity contribution >= 4 is 15.9 Å². The highest BCUT2D eigenvalue weighted by Gasteiger charge is 2.32. The fourth-order valence-electron chi connectivity index (χ4n) is 2.74. The molecule has 1 aliphatic rings. The molecule has 0 aliphatic carbocycles. The van der Waals surface area contributed by atoms with Crippen molar-refractivity contribution in [3.05, 3.63) is 30.1 Å². The van der Waals surface area contributed by atoms with Gasteiger partial charge in [-0.25, -0.2) is 12.8 Å². The van der Waals surface area contributed by atoms with E-state index in [1.807, 2.05) is 18.7 Å². The molecule has 1 heterocycles. The number of nitrogens with one attached hydrogen (secondary N) is 1. The Balaban J connectivity index is 1.94. The third kappa shape index (κ3) is 5.03. The van der Waals surface area contributed by atoms with Gasteiger partial charge in [-0.05, 0) is 31.0 Å². The van der Waals surface area contributed by atoms with Crippen LogP contribution >= 0.6 is 0 Å². The number of sulfonamides is 1. The molecule has 7 nitrogen and oxygen atoms in total. The molecule has 0 bridgehead atoms. The van der Waals surface area contributed by atoms with Crippen molar-refractivity contribution in [1.29, 1.82) is 5.26 Å². The van der Waals surface area contributed by atoms with E-state index in [9.17, 15) is 22.9 Å². The van der Waals surface area contributed by atoms with Gasteiger partial charge < -0.3 is 5.32 Å². The molecule has 9 heteroatoms. The number of piperazine rings is 1. The van der Waals surface area contributed by atoms with Gasteiger partial charge in [0, 0.05) is 26.2 Å². The summed E-state index contributed by atoms with van der Waals surface area (Å²) >= 11 is 0. The second-order valence-electron chi connectivity index (χ2n) is 7.15. The monoisotopic (exact) mass is 396 g/mol. The number of benzene rings is 1. The molecule has 1 saturated heterocycles. The Kier molecular flexibility index (Phi) is 6.57. The predicted octanol–water partition coefficient (Wildman–Crippen LogP) is 1.19. The highest BCUT2D eigenvalue weighted by atomic mass is 32.2. The smallest absolute Gasteiger partial charge is 0.243 e. The molecule has 1 fully saturated rings. The van der Waals surface area contributed by atoms with Crippen LogP contribution < -0.4 is 5.32 Å². The molecule has 2 rings (SSSR count). The second-order valence-corrected chi connectivity index (χ2v) is 9.09. The summed E-state index contributed by atoms with van der Waals surface area (Å²) in [5.74, 6) is -0.911. The Morgan fingerprint density at radius 3 is 2.48 bits per heavy atom. The van der Waals surface area contributed by atoms with Gasteiger partial charge in [-0.15, -0.1) is 0 Å². The van der Waals surface area contributed by atoms with Gasteiger partial charge in [-0.1, -0.05) is 19.9 Å². The molecular weight excluding hydrogens is 371 g/mol. The van der Waals surface area contributed by atoms with E-state index >= 15 is 0 Å². The highest BCUT2D eigenvalue weighted by Crippen LogP contribution is 2.19. The van der Waals surface area contributed by atoms with Crippen molar-refractivity contribution < 1.29 is 17.6 Å². The molecule has 1 amide bonds. The topological polar surface area (TPSA) is 93.5 Å². The van der Waals surface area contributed by atoms with Crippen molar-refractivity contribution in [2.45, 2.75) is 31.2 Å². The molecule has 1 aromatic rings. The number of amides is 1. The van der Waals surface area contributed by atoms with Gasteiger partial charge in [0.05, 0.1) is 17.5 Å². The first-order valence-electron chi connectivity index (χ1n) is 8.79. The van der Waals surface area contributed by atoms with Crippen LogP contribution in [0.5, 0.6) is 0 Å². The zero-order chi connectivity index (χ0) is 20.2. The van der Waals surface area contributed by atoms with Gasteiger partial charge in [0.25, 0.3) is 0 Å². The van der Waals surface area contributed by atoms with Gasteiger partial charge in [-0.3, -0.25) is 9.69 Å². The third-order valence-corrected chi connectivity index (χ3v) is 6.81. The Labute approximate surface area is 159 Å². The summed E-state index contributed by atoms with van der Waals surface area (Å²) in [5.41, 5.74) is -0.945. The fraction of sp³-hybridized carbons (Fsp3) is 0.556. The van der Waals surface area contributed by atoms with Crippen molar-refractivity contribution in [3.63, 3.8) is 0 Å². The first-order chi connectivity index (χ1) is 12.6. The van der Waals surface area contributed by atoms with E-state index in [1.165, 1.54) is 22.5 Å². The first-order valence-corrected chi connectivity index (χ1v) is 10.2. The summed E-state index contributed by atoms with van der Waals surface area (Å²) in [7, 11) is -3.76. The second kappa shape index (κ2) is 8.33. The number of rotatable bonds is 6. The lowest BCUT2D eigenvalue weighted by Gasteiger charge is -2.34. The quantitative estimate of drug-likeness (QED) is 0.780. The average molecular weight is 396 g/mol. The van der Waals surface area contributed by atoms with Crippen LogP contribution in [0.4, 0.5) is 4.39 Å². The Bertz CT molecular complexity index is 829. The fourth-order valence-corrected chi connectivity index (χ4v) is 4.19. The largest absolute Gasteiger partial charge is 0.337 e. The number of nitriles is 1. The normalized spacial score (nSPS) is 18.7. The van der Waals surface area contributed by atoms with E-state index in [1.54, 1.807) is 6.92 Å². The zero-order valence-corrected chi connectivity index (χ0v) is 16.6. The van der Waals surface area contributed by atoms with Crippen LogP contribution in [0.15, 0.2) is 29.2 Å². The zero-order valence-electron chi connectivity index (χ0n) is 15.8. The van der Waals surface area contributed by atoms with Crippen LogP contribution in [0.1, 0.15) is 20.8 Å². The number of carbonyl (C=O) groups excluding carboxylic acids is 1. The third-order valence-electron chi connectivity index (χ3n) is 4.92. The van der Waals surface area contributed by atoms with Crippen LogP contribution in [0.25, 0.3) is 0 Å². The predicted molar refractivity (Wildman–Crippen MR) is 98.6 cm³/mol. The van der Waals surface area contributed by atoms with E-state index < -0.39 is 21.4 Å². The van der Waals surface area contributed by atoms with Gasteiger partial charge in [0.2, 0.25) is 15.9 Å². The van der Waals surface area contributed by atoms with E-state index in [0.717, 1.165) is 6.07 Å². The van der Waals surface area contributed by atoms with E-state index in [4.69, 9.17) is 0 Å². The van der Waals surface area contributed by atoms with E-state index in [2.05, 4.69) is 11.4 Å². The average Bonchev–Trinajstić information content (AvgIpc) is 2.61. The summed E-state index contributed by atoms with van der Waals surface area (Å²) in [6.07, 6.45) is 0. The minimum absolute atomic E-state index is 0.0419. The SMILES string of the molecule is CC(C)[C@](C)(C#N)NC(=O)CN1CCN(S(=O)(=O)c2cccc(F)c2)CC1. The Hall–Kier alpha value is -2.02. The summed E-state index contributed by atoms with van der Waals surface area (Å²) in [5, 5.41) is 12.0. The molecule has 1 N–H and O–H groups in total. The van der Waals surface area contributed by atoms with Crippen LogP contribution in [-0.2, 0) is 14.8 Å². The Morgan fingerprint density at radius 2 is 1.96 bits per heavy atom. The van der Waals surface area contributed by atoms with Crippen molar-refractivity contribution in [2.24, 2.45) is 5.92 Å². The summed E-state index contributed by atoms with van der Waals surface area (Å²) in [4.78, 5) is 14.0. The summed E-state index contributed by atoms with van der Waals surface area (Å²) in [6.45, 7) is 6.69. The lowest BCUT2D eigenvalue weighted by atomic mass is 9.90. The molecule has 0 unspecified atom stereocenters. The van der Waals surface area contributed by atoms with Crippen LogP contribution in [0.3, 0.4) is 0 Å². The van der Waals surface area contributed by atoms with Crippen LogP contribution in [0, 0.1) is 23.1 Å². The van der Waals surface area contributed by atoms with Gasteiger partial charge in [0.1, 0.15) is 11.4 Å². The summed E-state index contributed by atoms with van der Waals surface area (Å²) in [6, 6.07) is 7.06. The highest BCUT2D eigenvalue weighted by molar-refractivity contribution is 7.89. The molecule has 1 atom stereocenters. The lowest BCUT2D eigenvalue weighted by Crippen LogP contribution is -2.55.